The lowest BCUT2D eigenvalue weighted by molar-refractivity contribution is 0.186. The molecule has 0 aliphatic carbocycles. The molecule has 1 heterocycles. The molecule has 0 unspecified atom stereocenters. The van der Waals surface area contributed by atoms with Gasteiger partial charge in [0, 0.05) is 13.0 Å². The van der Waals surface area contributed by atoms with E-state index in [0.29, 0.717) is 24.8 Å². The van der Waals surface area contributed by atoms with Crippen LogP contribution in [-0.4, -0.2) is 39.8 Å². The van der Waals surface area contributed by atoms with Gasteiger partial charge in [0.2, 0.25) is 5.89 Å². The first-order valence-electron chi connectivity index (χ1n) is 5.44. The Morgan fingerprint density at radius 1 is 1.33 bits per heavy atom. The minimum absolute atomic E-state index is 0.165. The molecule has 1 aromatic rings. The van der Waals surface area contributed by atoms with Crippen LogP contribution in [0.2, 0.25) is 0 Å². The molecule has 0 spiro atoms. The van der Waals surface area contributed by atoms with E-state index >= 15 is 0 Å². The number of rotatable bonds is 7. The standard InChI is InChI=1S/C10H19N3O2/c1-3-5-13(6-7-14)8-9-11-10(4-2)15-12-9/h14H,3-8H2,1-2H3. The number of nitrogens with zero attached hydrogens (tertiary/aromatic N) is 3. The minimum atomic E-state index is 0.165. The maximum Gasteiger partial charge on any atom is 0.226 e. The maximum atomic E-state index is 8.89. The van der Waals surface area contributed by atoms with Gasteiger partial charge in [-0.25, -0.2) is 0 Å². The average Bonchev–Trinajstić information content (AvgIpc) is 2.66. The highest BCUT2D eigenvalue weighted by atomic mass is 16.5. The molecule has 0 aliphatic rings. The Balaban J connectivity index is 2.48. The van der Waals surface area contributed by atoms with Gasteiger partial charge in [0.05, 0.1) is 13.2 Å². The third-order valence-corrected chi connectivity index (χ3v) is 2.13. The summed E-state index contributed by atoms with van der Waals surface area (Å²) in [4.78, 5) is 6.35. The number of aliphatic hydroxyl groups excluding tert-OH is 1. The Morgan fingerprint density at radius 3 is 2.67 bits per heavy atom. The number of aromatic nitrogens is 2. The molecule has 0 atom stereocenters. The van der Waals surface area contributed by atoms with Gasteiger partial charge in [-0.1, -0.05) is 19.0 Å². The van der Waals surface area contributed by atoms with E-state index in [-0.39, 0.29) is 6.61 Å². The zero-order valence-electron chi connectivity index (χ0n) is 9.44. The zero-order chi connectivity index (χ0) is 11.1. The first-order chi connectivity index (χ1) is 7.30. The van der Waals surface area contributed by atoms with Crippen molar-refractivity contribution >= 4 is 0 Å². The molecule has 0 saturated heterocycles. The van der Waals surface area contributed by atoms with Crippen LogP contribution in [0.5, 0.6) is 0 Å². The zero-order valence-corrected chi connectivity index (χ0v) is 9.44. The van der Waals surface area contributed by atoms with Crippen molar-refractivity contribution in [3.05, 3.63) is 11.7 Å². The van der Waals surface area contributed by atoms with Crippen LogP contribution in [0.4, 0.5) is 0 Å². The van der Waals surface area contributed by atoms with E-state index in [4.69, 9.17) is 9.63 Å². The van der Waals surface area contributed by atoms with Gasteiger partial charge in [0.25, 0.3) is 0 Å². The van der Waals surface area contributed by atoms with E-state index in [9.17, 15) is 0 Å². The average molecular weight is 213 g/mol. The summed E-state index contributed by atoms with van der Waals surface area (Å²) in [5.41, 5.74) is 0. The lowest BCUT2D eigenvalue weighted by Gasteiger charge is -2.17. The highest BCUT2D eigenvalue weighted by Gasteiger charge is 2.09. The van der Waals surface area contributed by atoms with Crippen LogP contribution in [0.3, 0.4) is 0 Å². The lowest BCUT2D eigenvalue weighted by Crippen LogP contribution is -2.27. The van der Waals surface area contributed by atoms with Crippen molar-refractivity contribution in [3.63, 3.8) is 0 Å². The summed E-state index contributed by atoms with van der Waals surface area (Å²) < 4.78 is 5.02. The molecule has 0 fully saturated rings. The molecule has 0 aromatic carbocycles. The second-order valence-corrected chi connectivity index (χ2v) is 3.46. The number of hydrogen-bond donors (Lipinski definition) is 1. The van der Waals surface area contributed by atoms with Crippen LogP contribution in [0.15, 0.2) is 4.52 Å². The Morgan fingerprint density at radius 2 is 2.13 bits per heavy atom. The molecule has 86 valence electrons. The van der Waals surface area contributed by atoms with Crippen LogP contribution in [0.25, 0.3) is 0 Å². The molecule has 5 heteroatoms. The second kappa shape index (κ2) is 6.53. The van der Waals surface area contributed by atoms with Gasteiger partial charge >= 0.3 is 0 Å². The van der Waals surface area contributed by atoms with Crippen molar-refractivity contribution in [3.8, 4) is 0 Å². The van der Waals surface area contributed by atoms with E-state index in [2.05, 4.69) is 22.0 Å². The summed E-state index contributed by atoms with van der Waals surface area (Å²) in [6.45, 7) is 6.50. The SMILES string of the molecule is CCCN(CCO)Cc1noc(CC)n1. The predicted octanol–water partition coefficient (Wildman–Crippen LogP) is 0.836. The Hall–Kier alpha value is -0.940. The smallest absolute Gasteiger partial charge is 0.226 e. The highest BCUT2D eigenvalue weighted by molar-refractivity contribution is 4.85. The Kier molecular flexibility index (Phi) is 5.28. The molecular weight excluding hydrogens is 194 g/mol. The molecule has 0 aliphatic heterocycles. The molecule has 5 nitrogen and oxygen atoms in total. The number of aryl methyl sites for hydroxylation is 1. The maximum absolute atomic E-state index is 8.89. The van der Waals surface area contributed by atoms with Crippen molar-refractivity contribution < 1.29 is 9.63 Å². The summed E-state index contributed by atoms with van der Waals surface area (Å²) >= 11 is 0. The van der Waals surface area contributed by atoms with Crippen LogP contribution in [0, 0.1) is 0 Å². The first-order valence-corrected chi connectivity index (χ1v) is 5.44. The molecule has 0 bridgehead atoms. The van der Waals surface area contributed by atoms with Crippen LogP contribution in [-0.2, 0) is 13.0 Å². The van der Waals surface area contributed by atoms with Gasteiger partial charge in [-0.15, -0.1) is 0 Å². The van der Waals surface area contributed by atoms with Crippen molar-refractivity contribution in [1.29, 1.82) is 0 Å². The predicted molar refractivity (Wildman–Crippen MR) is 56.3 cm³/mol. The fourth-order valence-corrected chi connectivity index (χ4v) is 1.43. The van der Waals surface area contributed by atoms with E-state index in [1.54, 1.807) is 0 Å². The van der Waals surface area contributed by atoms with Crippen molar-refractivity contribution in [2.45, 2.75) is 33.2 Å². The van der Waals surface area contributed by atoms with E-state index in [1.807, 2.05) is 6.92 Å². The Labute approximate surface area is 90.1 Å². The molecule has 1 N–H and O–H groups in total. The van der Waals surface area contributed by atoms with Gasteiger partial charge in [0.15, 0.2) is 5.82 Å². The topological polar surface area (TPSA) is 62.4 Å². The summed E-state index contributed by atoms with van der Waals surface area (Å²) in [5.74, 6) is 1.37. The van der Waals surface area contributed by atoms with Crippen LogP contribution in [0.1, 0.15) is 32.0 Å². The quantitative estimate of drug-likeness (QED) is 0.727. The lowest BCUT2D eigenvalue weighted by atomic mass is 10.4. The monoisotopic (exact) mass is 213 g/mol. The van der Waals surface area contributed by atoms with Gasteiger partial charge in [-0.3, -0.25) is 4.90 Å². The third kappa shape index (κ3) is 3.97. The summed E-state index contributed by atoms with van der Waals surface area (Å²) in [6, 6.07) is 0. The van der Waals surface area contributed by atoms with Crippen molar-refractivity contribution in [1.82, 2.24) is 15.0 Å². The third-order valence-electron chi connectivity index (χ3n) is 2.13. The molecular formula is C10H19N3O2. The summed E-state index contributed by atoms with van der Waals surface area (Å²) in [5, 5.41) is 12.8. The summed E-state index contributed by atoms with van der Waals surface area (Å²) in [6.07, 6.45) is 1.82. The van der Waals surface area contributed by atoms with Gasteiger partial charge in [-0.2, -0.15) is 4.98 Å². The van der Waals surface area contributed by atoms with Gasteiger partial charge < -0.3 is 9.63 Å². The Bertz CT molecular complexity index is 269. The van der Waals surface area contributed by atoms with E-state index in [1.165, 1.54) is 0 Å². The van der Waals surface area contributed by atoms with E-state index < -0.39 is 0 Å². The molecule has 0 saturated carbocycles. The van der Waals surface area contributed by atoms with Gasteiger partial charge in [-0.05, 0) is 13.0 Å². The normalized spacial score (nSPS) is 11.2. The van der Waals surface area contributed by atoms with Crippen LogP contribution >= 0.6 is 0 Å². The van der Waals surface area contributed by atoms with Crippen LogP contribution < -0.4 is 0 Å². The summed E-state index contributed by atoms with van der Waals surface area (Å²) in [7, 11) is 0. The van der Waals surface area contributed by atoms with Crippen molar-refractivity contribution in [2.75, 3.05) is 19.7 Å². The largest absolute Gasteiger partial charge is 0.395 e. The molecule has 1 rings (SSSR count). The highest BCUT2D eigenvalue weighted by Crippen LogP contribution is 2.02. The first kappa shape index (κ1) is 12.1. The van der Waals surface area contributed by atoms with E-state index in [0.717, 1.165) is 19.4 Å². The molecule has 0 radical (unpaired) electrons. The van der Waals surface area contributed by atoms with Gasteiger partial charge in [0.1, 0.15) is 0 Å². The fraction of sp³-hybridized carbons (Fsp3) is 0.800. The second-order valence-electron chi connectivity index (χ2n) is 3.46. The molecule has 15 heavy (non-hydrogen) atoms. The number of aliphatic hydroxyl groups is 1. The minimum Gasteiger partial charge on any atom is -0.395 e. The number of hydrogen-bond acceptors (Lipinski definition) is 5. The molecule has 0 amide bonds. The molecule has 1 aromatic heterocycles. The van der Waals surface area contributed by atoms with Crippen molar-refractivity contribution in [2.24, 2.45) is 0 Å². The fourth-order valence-electron chi connectivity index (χ4n) is 1.43.